The molecule has 9 heteroatoms. The summed E-state index contributed by atoms with van der Waals surface area (Å²) in [6.07, 6.45) is 6.88. The summed E-state index contributed by atoms with van der Waals surface area (Å²) in [6, 6.07) is 16.0. The molecule has 0 saturated carbocycles. The van der Waals surface area contributed by atoms with E-state index in [2.05, 4.69) is 27.5 Å². The maximum Gasteiger partial charge on any atom is 0.335 e. The zero-order valence-electron chi connectivity index (χ0n) is 19.9. The largest absolute Gasteiger partial charge is 0.479 e. The second kappa shape index (κ2) is 8.44. The molecule has 4 aromatic rings. The van der Waals surface area contributed by atoms with E-state index in [4.69, 9.17) is 0 Å². The van der Waals surface area contributed by atoms with Crippen molar-refractivity contribution in [2.45, 2.75) is 50.6 Å². The first-order chi connectivity index (χ1) is 17.5. The third-order valence-electron chi connectivity index (χ3n) is 7.41. The summed E-state index contributed by atoms with van der Waals surface area (Å²) in [5, 5.41) is 24.5. The van der Waals surface area contributed by atoms with Crippen LogP contribution in [-0.2, 0) is 23.2 Å². The van der Waals surface area contributed by atoms with Crippen LogP contribution in [-0.4, -0.2) is 41.1 Å². The van der Waals surface area contributed by atoms with Crippen LogP contribution in [0.3, 0.4) is 0 Å². The van der Waals surface area contributed by atoms with E-state index >= 15 is 0 Å². The number of hydrogen-bond donors (Lipinski definition) is 2. The van der Waals surface area contributed by atoms with Crippen LogP contribution in [0.1, 0.15) is 49.0 Å². The molecule has 2 aromatic heterocycles. The molecule has 0 fully saturated rings. The molecule has 9 nitrogen and oxygen atoms in total. The summed E-state index contributed by atoms with van der Waals surface area (Å²) >= 11 is 0. The maximum absolute atomic E-state index is 13.7. The predicted octanol–water partition coefficient (Wildman–Crippen LogP) is 3.72. The molecule has 0 amide bonds. The van der Waals surface area contributed by atoms with E-state index in [1.165, 1.54) is 4.68 Å². The Kier molecular flexibility index (Phi) is 5.21. The average Bonchev–Trinajstić information content (AvgIpc) is 3.54. The number of carboxylic acids is 1. The standard InChI is InChI=1S/C27H26N6O3/c1-2-5-23-22(25(34)33-27(26(35)36)14-12-19(13-15-27)32(23)33)16-17-8-10-18(11-9-17)20-6-3-4-7-21(20)24-28-30-31-29-24/h3-4,6-12,14,19H,2,5,13,15-16H2,1H3,(H,35,36)(H,28,29,30,31). The highest BCUT2D eigenvalue weighted by molar-refractivity contribution is 5.81. The highest BCUT2D eigenvalue weighted by Crippen LogP contribution is 2.41. The van der Waals surface area contributed by atoms with E-state index in [1.54, 1.807) is 6.08 Å². The highest BCUT2D eigenvalue weighted by atomic mass is 16.4. The number of aliphatic carboxylic acids is 1. The fourth-order valence-corrected chi connectivity index (χ4v) is 5.69. The van der Waals surface area contributed by atoms with Gasteiger partial charge in [0.1, 0.15) is 0 Å². The number of H-pyrrole nitrogens is 1. The molecule has 182 valence electrons. The van der Waals surface area contributed by atoms with Gasteiger partial charge in [-0.15, -0.1) is 10.2 Å². The summed E-state index contributed by atoms with van der Waals surface area (Å²) in [7, 11) is 0. The van der Waals surface area contributed by atoms with Crippen LogP contribution < -0.4 is 5.56 Å². The Hall–Kier alpha value is -4.27. The first-order valence-corrected chi connectivity index (χ1v) is 12.2. The van der Waals surface area contributed by atoms with Gasteiger partial charge in [0.25, 0.3) is 5.56 Å². The lowest BCUT2D eigenvalue weighted by atomic mass is 9.83. The normalized spacial score (nSPS) is 20.0. The van der Waals surface area contributed by atoms with Crippen molar-refractivity contribution in [3.8, 4) is 22.5 Å². The van der Waals surface area contributed by atoms with Gasteiger partial charge in [0, 0.05) is 23.2 Å². The van der Waals surface area contributed by atoms with Crippen molar-refractivity contribution in [3.05, 3.63) is 87.9 Å². The van der Waals surface area contributed by atoms with Gasteiger partial charge in [-0.2, -0.15) is 5.21 Å². The van der Waals surface area contributed by atoms with Gasteiger partial charge in [0.15, 0.2) is 5.54 Å². The van der Waals surface area contributed by atoms with E-state index in [-0.39, 0.29) is 11.6 Å². The average molecular weight is 483 g/mol. The second-order valence-corrected chi connectivity index (χ2v) is 9.49. The molecule has 2 aliphatic heterocycles. The smallest absolute Gasteiger partial charge is 0.335 e. The number of nitrogens with zero attached hydrogens (tertiary/aromatic N) is 5. The molecule has 4 heterocycles. The molecular formula is C27H26N6O3. The third kappa shape index (κ3) is 3.26. The van der Waals surface area contributed by atoms with E-state index in [1.807, 2.05) is 59.3 Å². The number of tetrazole rings is 1. The lowest BCUT2D eigenvalue weighted by molar-refractivity contribution is -0.148. The van der Waals surface area contributed by atoms with E-state index in [0.29, 0.717) is 24.2 Å². The second-order valence-electron chi connectivity index (χ2n) is 9.49. The van der Waals surface area contributed by atoms with Crippen molar-refractivity contribution in [2.24, 2.45) is 0 Å². The van der Waals surface area contributed by atoms with Gasteiger partial charge in [-0.25, -0.2) is 9.48 Å². The Morgan fingerprint density at radius 2 is 1.94 bits per heavy atom. The SMILES string of the molecule is CCCc1c(Cc2ccc(-c3ccccc3-c3nn[nH]n3)cc2)c(=O)n2n1C1C=CC2(C(=O)O)CC1. The molecular weight excluding hydrogens is 456 g/mol. The number of hydrogen-bond acceptors (Lipinski definition) is 5. The van der Waals surface area contributed by atoms with Crippen LogP contribution in [0.2, 0.25) is 0 Å². The van der Waals surface area contributed by atoms with Crippen molar-refractivity contribution in [3.63, 3.8) is 0 Å². The topological polar surface area (TPSA) is 119 Å². The molecule has 3 aliphatic rings. The zero-order chi connectivity index (χ0) is 24.9. The lowest BCUT2D eigenvalue weighted by Crippen LogP contribution is -2.54. The fraction of sp³-hybridized carbons (Fsp3) is 0.296. The number of nitrogens with one attached hydrogen (secondary N) is 1. The van der Waals surface area contributed by atoms with Gasteiger partial charge in [-0.1, -0.05) is 68.0 Å². The molecule has 2 aromatic carbocycles. The predicted molar refractivity (Wildman–Crippen MR) is 134 cm³/mol. The quantitative estimate of drug-likeness (QED) is 0.388. The van der Waals surface area contributed by atoms with Gasteiger partial charge in [-0.3, -0.25) is 9.48 Å². The Balaban J connectivity index is 1.38. The van der Waals surface area contributed by atoms with Gasteiger partial charge in [0.05, 0.1) is 6.04 Å². The molecule has 2 bridgehead atoms. The minimum atomic E-state index is -1.30. The van der Waals surface area contributed by atoms with Crippen molar-refractivity contribution in [2.75, 3.05) is 0 Å². The number of fused-ring (bicyclic) bond motifs is 1. The molecule has 0 saturated heterocycles. The summed E-state index contributed by atoms with van der Waals surface area (Å²) in [5.74, 6) is -0.445. The Morgan fingerprint density at radius 1 is 1.17 bits per heavy atom. The van der Waals surface area contributed by atoms with Crippen LogP contribution in [0.5, 0.6) is 0 Å². The third-order valence-corrected chi connectivity index (χ3v) is 7.41. The molecule has 2 N–H and O–H groups in total. The first kappa shape index (κ1) is 22.2. The van der Waals surface area contributed by atoms with Crippen LogP contribution in [0, 0.1) is 0 Å². The van der Waals surface area contributed by atoms with E-state index in [0.717, 1.165) is 47.2 Å². The molecule has 1 aliphatic carbocycles. The van der Waals surface area contributed by atoms with Gasteiger partial charge in [-0.05, 0) is 47.2 Å². The minimum Gasteiger partial charge on any atom is -0.479 e. The monoisotopic (exact) mass is 482 g/mol. The van der Waals surface area contributed by atoms with Crippen molar-refractivity contribution >= 4 is 5.97 Å². The molecule has 2 atom stereocenters. The van der Waals surface area contributed by atoms with Crippen LogP contribution in [0.4, 0.5) is 0 Å². The van der Waals surface area contributed by atoms with Crippen LogP contribution >= 0.6 is 0 Å². The van der Waals surface area contributed by atoms with E-state index in [9.17, 15) is 14.7 Å². The summed E-state index contributed by atoms with van der Waals surface area (Å²) in [4.78, 5) is 26.0. The number of carboxylic acid groups (broad SMARTS) is 1. The number of rotatable bonds is 7. The fourth-order valence-electron chi connectivity index (χ4n) is 5.69. The number of benzene rings is 2. The number of aromatic nitrogens is 6. The van der Waals surface area contributed by atoms with Gasteiger partial charge >= 0.3 is 5.97 Å². The summed E-state index contributed by atoms with van der Waals surface area (Å²) in [5.41, 5.74) is 4.03. The van der Waals surface area contributed by atoms with Crippen molar-refractivity contribution < 1.29 is 9.90 Å². The molecule has 36 heavy (non-hydrogen) atoms. The van der Waals surface area contributed by atoms with Crippen LogP contribution in [0.25, 0.3) is 22.5 Å². The van der Waals surface area contributed by atoms with Gasteiger partial charge < -0.3 is 5.11 Å². The lowest BCUT2D eigenvalue weighted by Gasteiger charge is -2.42. The summed E-state index contributed by atoms with van der Waals surface area (Å²) < 4.78 is 3.48. The number of carbonyl (C=O) groups is 1. The first-order valence-electron chi connectivity index (χ1n) is 12.2. The van der Waals surface area contributed by atoms with Crippen LogP contribution in [0.15, 0.2) is 65.5 Å². The molecule has 0 spiro atoms. The number of aromatic amines is 1. The Morgan fingerprint density at radius 3 is 2.58 bits per heavy atom. The maximum atomic E-state index is 13.7. The van der Waals surface area contributed by atoms with Crippen molar-refractivity contribution in [1.82, 2.24) is 30.0 Å². The van der Waals surface area contributed by atoms with Crippen molar-refractivity contribution in [1.29, 1.82) is 0 Å². The molecule has 7 rings (SSSR count). The van der Waals surface area contributed by atoms with Gasteiger partial charge in [0.2, 0.25) is 5.82 Å². The molecule has 0 radical (unpaired) electrons. The zero-order valence-corrected chi connectivity index (χ0v) is 19.9. The summed E-state index contributed by atoms with van der Waals surface area (Å²) in [6.45, 7) is 2.08. The van der Waals surface area contributed by atoms with E-state index < -0.39 is 11.5 Å². The Bertz CT molecular complexity index is 1530. The highest BCUT2D eigenvalue weighted by Gasteiger charge is 2.49. The molecule has 2 unspecified atom stereocenters. The Labute approximate surface area is 207 Å². The minimum absolute atomic E-state index is 0.0262. The number of allylic oxidation sites excluding steroid dienone is 1.